The van der Waals surface area contributed by atoms with Crippen molar-refractivity contribution in [2.24, 2.45) is 0 Å². The second-order valence-corrected chi connectivity index (χ2v) is 5.34. The molecule has 2 aromatic carbocycles. The molecule has 0 saturated heterocycles. The molecule has 0 spiro atoms. The standard InChI is InChI=1S/C18H20FNO3/c19-15-8-4-5-13(11-15)9-10-17(22)20-16(12-21)18(23)14-6-2-1-3-7-14/h1-8,11,16,18,21,23H,9-10,12H2,(H,20,22)/t16-,18+/m0/s1. The van der Waals surface area contributed by atoms with Crippen LogP contribution in [0.25, 0.3) is 0 Å². The summed E-state index contributed by atoms with van der Waals surface area (Å²) in [5.41, 5.74) is 1.35. The van der Waals surface area contributed by atoms with Crippen LogP contribution in [0.5, 0.6) is 0 Å². The van der Waals surface area contributed by atoms with E-state index in [1.165, 1.54) is 12.1 Å². The molecule has 2 rings (SSSR count). The summed E-state index contributed by atoms with van der Waals surface area (Å²) in [6.45, 7) is -0.373. The average molecular weight is 317 g/mol. The molecular weight excluding hydrogens is 297 g/mol. The number of amides is 1. The van der Waals surface area contributed by atoms with E-state index in [1.54, 1.807) is 36.4 Å². The first-order valence-corrected chi connectivity index (χ1v) is 7.48. The molecule has 1 amide bonds. The number of hydrogen-bond acceptors (Lipinski definition) is 3. The van der Waals surface area contributed by atoms with Crippen LogP contribution in [0.15, 0.2) is 54.6 Å². The van der Waals surface area contributed by atoms with E-state index in [4.69, 9.17) is 0 Å². The van der Waals surface area contributed by atoms with Crippen LogP contribution in [0, 0.1) is 5.82 Å². The first-order chi connectivity index (χ1) is 11.1. The van der Waals surface area contributed by atoms with Crippen LogP contribution in [0.2, 0.25) is 0 Å². The molecule has 122 valence electrons. The molecule has 4 nitrogen and oxygen atoms in total. The molecule has 0 saturated carbocycles. The Morgan fingerprint density at radius 1 is 1.13 bits per heavy atom. The Labute approximate surface area is 134 Å². The summed E-state index contributed by atoms with van der Waals surface area (Å²) in [6, 6.07) is 14.1. The lowest BCUT2D eigenvalue weighted by Gasteiger charge is -2.22. The number of halogens is 1. The number of carbonyl (C=O) groups excluding carboxylic acids is 1. The Bertz CT molecular complexity index is 633. The van der Waals surface area contributed by atoms with Crippen molar-refractivity contribution in [1.82, 2.24) is 5.32 Å². The lowest BCUT2D eigenvalue weighted by atomic mass is 10.0. The molecule has 23 heavy (non-hydrogen) atoms. The van der Waals surface area contributed by atoms with Gasteiger partial charge in [0, 0.05) is 6.42 Å². The van der Waals surface area contributed by atoms with Crippen molar-refractivity contribution in [3.8, 4) is 0 Å². The maximum atomic E-state index is 13.1. The average Bonchev–Trinajstić information content (AvgIpc) is 2.58. The highest BCUT2D eigenvalue weighted by Crippen LogP contribution is 2.16. The zero-order valence-electron chi connectivity index (χ0n) is 12.7. The van der Waals surface area contributed by atoms with Gasteiger partial charge in [-0.05, 0) is 29.7 Å². The lowest BCUT2D eigenvalue weighted by molar-refractivity contribution is -0.123. The van der Waals surface area contributed by atoms with Crippen LogP contribution in [0.1, 0.15) is 23.7 Å². The van der Waals surface area contributed by atoms with Gasteiger partial charge in [-0.15, -0.1) is 0 Å². The molecule has 2 aromatic rings. The number of aryl methyl sites for hydroxylation is 1. The van der Waals surface area contributed by atoms with Gasteiger partial charge in [0.1, 0.15) is 11.9 Å². The Hall–Kier alpha value is -2.24. The number of aliphatic hydroxyl groups is 2. The van der Waals surface area contributed by atoms with E-state index in [-0.39, 0.29) is 24.8 Å². The molecule has 0 radical (unpaired) electrons. The Morgan fingerprint density at radius 2 is 1.87 bits per heavy atom. The van der Waals surface area contributed by atoms with Crippen LogP contribution in [0.3, 0.4) is 0 Å². The minimum absolute atomic E-state index is 0.154. The SMILES string of the molecule is O=C(CCc1cccc(F)c1)N[C@@H](CO)[C@H](O)c1ccccc1. The number of hydrogen-bond donors (Lipinski definition) is 3. The summed E-state index contributed by atoms with van der Waals surface area (Å²) in [7, 11) is 0. The summed E-state index contributed by atoms with van der Waals surface area (Å²) >= 11 is 0. The van der Waals surface area contributed by atoms with Gasteiger partial charge in [0.25, 0.3) is 0 Å². The third-order valence-corrected chi connectivity index (χ3v) is 3.60. The molecule has 0 aliphatic carbocycles. The van der Waals surface area contributed by atoms with Crippen LogP contribution in [-0.4, -0.2) is 28.8 Å². The maximum absolute atomic E-state index is 13.1. The van der Waals surface area contributed by atoms with Crippen LogP contribution in [0.4, 0.5) is 4.39 Å². The second kappa shape index (κ2) is 8.41. The van der Waals surface area contributed by atoms with Gasteiger partial charge in [-0.3, -0.25) is 4.79 Å². The zero-order valence-corrected chi connectivity index (χ0v) is 12.7. The number of benzene rings is 2. The first kappa shape index (κ1) is 17.1. The number of aliphatic hydroxyl groups excluding tert-OH is 2. The van der Waals surface area contributed by atoms with Gasteiger partial charge < -0.3 is 15.5 Å². The van der Waals surface area contributed by atoms with Crippen molar-refractivity contribution in [2.75, 3.05) is 6.61 Å². The largest absolute Gasteiger partial charge is 0.394 e. The van der Waals surface area contributed by atoms with E-state index in [2.05, 4.69) is 5.32 Å². The summed E-state index contributed by atoms with van der Waals surface area (Å²) in [5.74, 6) is -0.640. The molecule has 3 N–H and O–H groups in total. The monoisotopic (exact) mass is 317 g/mol. The molecule has 0 bridgehead atoms. The van der Waals surface area contributed by atoms with Crippen molar-refractivity contribution >= 4 is 5.91 Å². The minimum atomic E-state index is -0.987. The Kier molecular flexibility index (Phi) is 6.26. The van der Waals surface area contributed by atoms with E-state index < -0.39 is 12.1 Å². The van der Waals surface area contributed by atoms with Crippen molar-refractivity contribution in [1.29, 1.82) is 0 Å². The van der Waals surface area contributed by atoms with Gasteiger partial charge in [-0.2, -0.15) is 0 Å². The molecule has 0 aliphatic rings. The Balaban J connectivity index is 1.89. The van der Waals surface area contributed by atoms with Crippen molar-refractivity contribution < 1.29 is 19.4 Å². The van der Waals surface area contributed by atoms with Crippen LogP contribution < -0.4 is 5.32 Å². The molecule has 0 aromatic heterocycles. The van der Waals surface area contributed by atoms with Gasteiger partial charge in [0.15, 0.2) is 0 Å². The quantitative estimate of drug-likeness (QED) is 0.731. The van der Waals surface area contributed by atoms with Crippen LogP contribution in [-0.2, 0) is 11.2 Å². The van der Waals surface area contributed by atoms with E-state index in [9.17, 15) is 19.4 Å². The minimum Gasteiger partial charge on any atom is -0.394 e. The molecule has 0 fully saturated rings. The molecule has 5 heteroatoms. The van der Waals surface area contributed by atoms with Crippen molar-refractivity contribution in [3.05, 3.63) is 71.5 Å². The fourth-order valence-electron chi connectivity index (χ4n) is 2.34. The van der Waals surface area contributed by atoms with Gasteiger partial charge in [0.05, 0.1) is 12.6 Å². The predicted molar refractivity (Wildman–Crippen MR) is 85.1 cm³/mol. The van der Waals surface area contributed by atoms with E-state index in [0.717, 1.165) is 5.56 Å². The summed E-state index contributed by atoms with van der Waals surface area (Å²) in [5, 5.41) is 22.2. The Morgan fingerprint density at radius 3 is 2.52 bits per heavy atom. The van der Waals surface area contributed by atoms with E-state index >= 15 is 0 Å². The topological polar surface area (TPSA) is 69.6 Å². The third kappa shape index (κ3) is 5.16. The molecule has 0 unspecified atom stereocenters. The van der Waals surface area contributed by atoms with Gasteiger partial charge >= 0.3 is 0 Å². The maximum Gasteiger partial charge on any atom is 0.220 e. The molecule has 0 aliphatic heterocycles. The van der Waals surface area contributed by atoms with Crippen LogP contribution >= 0.6 is 0 Å². The lowest BCUT2D eigenvalue weighted by Crippen LogP contribution is -2.42. The van der Waals surface area contributed by atoms with Gasteiger partial charge in [-0.1, -0.05) is 42.5 Å². The van der Waals surface area contributed by atoms with E-state index in [0.29, 0.717) is 12.0 Å². The summed E-state index contributed by atoms with van der Waals surface area (Å²) < 4.78 is 13.1. The number of carbonyl (C=O) groups is 1. The highest BCUT2D eigenvalue weighted by molar-refractivity contribution is 5.76. The third-order valence-electron chi connectivity index (χ3n) is 3.60. The molecular formula is C18H20FNO3. The van der Waals surface area contributed by atoms with Crippen molar-refractivity contribution in [2.45, 2.75) is 25.0 Å². The first-order valence-electron chi connectivity index (χ1n) is 7.48. The predicted octanol–water partition coefficient (Wildman–Crippen LogP) is 1.97. The van der Waals surface area contributed by atoms with E-state index in [1.807, 2.05) is 6.07 Å². The molecule has 2 atom stereocenters. The van der Waals surface area contributed by atoms with Gasteiger partial charge in [0.2, 0.25) is 5.91 Å². The zero-order chi connectivity index (χ0) is 16.7. The normalized spacial score (nSPS) is 13.3. The van der Waals surface area contributed by atoms with Crippen molar-refractivity contribution in [3.63, 3.8) is 0 Å². The summed E-state index contributed by atoms with van der Waals surface area (Å²) in [6.07, 6.45) is -0.440. The number of nitrogens with one attached hydrogen (secondary N) is 1. The fraction of sp³-hybridized carbons (Fsp3) is 0.278. The van der Waals surface area contributed by atoms with Gasteiger partial charge in [-0.25, -0.2) is 4.39 Å². The molecule has 0 heterocycles. The second-order valence-electron chi connectivity index (χ2n) is 5.34. The highest BCUT2D eigenvalue weighted by Gasteiger charge is 2.21. The smallest absolute Gasteiger partial charge is 0.220 e. The fourth-order valence-corrected chi connectivity index (χ4v) is 2.34. The highest BCUT2D eigenvalue weighted by atomic mass is 19.1. The number of rotatable bonds is 7. The summed E-state index contributed by atoms with van der Waals surface area (Å²) in [4.78, 5) is 12.0.